The van der Waals surface area contributed by atoms with E-state index in [-0.39, 0.29) is 0 Å². The highest BCUT2D eigenvalue weighted by molar-refractivity contribution is 5.73. The number of nitrogens with one attached hydrogen (secondary N) is 1. The molecule has 0 bridgehead atoms. The van der Waals surface area contributed by atoms with Crippen LogP contribution in [0.25, 0.3) is 0 Å². The predicted octanol–water partition coefficient (Wildman–Crippen LogP) is -11.9. The van der Waals surface area contributed by atoms with Gasteiger partial charge in [0.1, 0.15) is 134 Å². The summed E-state index contributed by atoms with van der Waals surface area (Å²) in [5, 5.41) is 183. The fourth-order valence-electron chi connectivity index (χ4n) is 8.82. The van der Waals surface area contributed by atoms with Gasteiger partial charge < -0.3 is 144 Å². The van der Waals surface area contributed by atoms with E-state index in [9.17, 15) is 91.6 Å². The van der Waals surface area contributed by atoms with Crippen LogP contribution in [0.15, 0.2) is 0 Å². The van der Waals surface area contributed by atoms with Gasteiger partial charge in [0.2, 0.25) is 5.91 Å². The van der Waals surface area contributed by atoms with Crippen LogP contribution in [0, 0.1) is 0 Å². The summed E-state index contributed by atoms with van der Waals surface area (Å²) in [6.45, 7) is 0.125. The topological polar surface area (TPSA) is 475 Å². The van der Waals surface area contributed by atoms with Gasteiger partial charge in [-0.1, -0.05) is 0 Å². The molecule has 1 amide bonds. The van der Waals surface area contributed by atoms with E-state index < -0.39 is 217 Å². The lowest BCUT2D eigenvalue weighted by Gasteiger charge is -2.50. The fourth-order valence-corrected chi connectivity index (χ4v) is 8.82. The van der Waals surface area contributed by atoms with Crippen LogP contribution in [-0.2, 0) is 56.9 Å². The molecule has 6 saturated heterocycles. The quantitative estimate of drug-likeness (QED) is 0.0724. The number of ether oxygens (including phenoxy) is 11. The van der Waals surface area contributed by atoms with Gasteiger partial charge in [-0.3, -0.25) is 4.79 Å². The van der Waals surface area contributed by atoms with Gasteiger partial charge in [0, 0.05) is 6.92 Å². The Morgan fingerprint density at radius 3 is 1.34 bits per heavy atom. The second-order valence-electron chi connectivity index (χ2n) is 17.5. The third kappa shape index (κ3) is 11.4. The van der Waals surface area contributed by atoms with Gasteiger partial charge in [0.15, 0.2) is 37.7 Å². The van der Waals surface area contributed by atoms with Gasteiger partial charge in [0.25, 0.3) is 0 Å². The normalized spacial score (nSPS) is 52.6. The molecule has 6 heterocycles. The van der Waals surface area contributed by atoms with E-state index in [1.165, 1.54) is 13.8 Å². The van der Waals surface area contributed by atoms with Crippen molar-refractivity contribution in [3.8, 4) is 0 Å². The first-order chi connectivity index (χ1) is 32.1. The van der Waals surface area contributed by atoms with Crippen LogP contribution in [0.4, 0.5) is 0 Å². The predicted molar refractivity (Wildman–Crippen MR) is 208 cm³/mol. The Morgan fingerprint density at radius 1 is 0.382 bits per heavy atom. The summed E-state index contributed by atoms with van der Waals surface area (Å²) in [7, 11) is 0. The van der Waals surface area contributed by atoms with E-state index in [0.717, 1.165) is 6.92 Å². The molecule has 1 unspecified atom stereocenters. The van der Waals surface area contributed by atoms with Crippen molar-refractivity contribution in [2.75, 3.05) is 26.4 Å². The zero-order chi connectivity index (χ0) is 50.2. The van der Waals surface area contributed by atoms with Crippen LogP contribution in [0.3, 0.4) is 0 Å². The Hall–Kier alpha value is -1.65. The van der Waals surface area contributed by atoms with E-state index in [1.54, 1.807) is 0 Å². The maximum Gasteiger partial charge on any atom is 0.217 e. The van der Waals surface area contributed by atoms with Crippen molar-refractivity contribution in [1.82, 2.24) is 5.32 Å². The zero-order valence-electron chi connectivity index (χ0n) is 36.7. The van der Waals surface area contributed by atoms with Crippen molar-refractivity contribution in [1.29, 1.82) is 0 Å². The molecule has 30 heteroatoms. The summed E-state index contributed by atoms with van der Waals surface area (Å²) in [6.07, 6.45) is -51.5. The zero-order valence-corrected chi connectivity index (χ0v) is 36.7. The smallest absolute Gasteiger partial charge is 0.217 e. The van der Waals surface area contributed by atoms with E-state index in [2.05, 4.69) is 5.32 Å². The molecule has 0 spiro atoms. The minimum Gasteiger partial charge on any atom is -0.394 e. The van der Waals surface area contributed by atoms with Gasteiger partial charge >= 0.3 is 0 Å². The second-order valence-corrected chi connectivity index (χ2v) is 17.5. The highest BCUT2D eigenvalue weighted by Gasteiger charge is 2.57. The van der Waals surface area contributed by atoms with Crippen LogP contribution in [-0.4, -0.2) is 303 Å². The standard InChI is InChI=1S/C38H65NO29/c1-8-16(45)30(67-36-23(52)21(50)17(46)11(4-40)61-36)26(55)37(58-8)65-29-14(7-43)63-34(15(20(29)49)39-10(3)44)66-32-19(48)13(6-42)62-38(27(32)56)64-28-9(2)59-35(24(53)22(28)51)68-31-18(47)12(5-41)60-33(57)25(31)54/h8-9,11-38,40-43,45-57H,4-7H2,1-3H3,(H,39,44)/t8-,9-,11+,12+,13+,14+,15+,16+,17-,18+,19-,20+,21-,22-,23+,24-,25+,26-,27+,28+,29+,30+,31-,32-,33?,34-,35+,36-,37+,38-/m0/s1. The molecule has 6 rings (SSSR count). The second kappa shape index (κ2) is 23.5. The number of hydrogen-bond acceptors (Lipinski definition) is 29. The molecule has 0 radical (unpaired) electrons. The summed E-state index contributed by atoms with van der Waals surface area (Å²) in [5.41, 5.74) is 0. The summed E-state index contributed by atoms with van der Waals surface area (Å²) in [5.74, 6) is -0.806. The maximum absolute atomic E-state index is 12.5. The number of hydrogen-bond donors (Lipinski definition) is 18. The minimum absolute atomic E-state index is 0.797. The van der Waals surface area contributed by atoms with Gasteiger partial charge in [-0.25, -0.2) is 0 Å². The van der Waals surface area contributed by atoms with Gasteiger partial charge in [0.05, 0.1) is 38.6 Å². The van der Waals surface area contributed by atoms with Crippen molar-refractivity contribution in [2.45, 2.75) is 205 Å². The third-order valence-electron chi connectivity index (χ3n) is 12.7. The first-order valence-corrected chi connectivity index (χ1v) is 21.8. The molecule has 6 aliphatic heterocycles. The average molecular weight is 1000 g/mol. The Labute approximate surface area is 386 Å². The van der Waals surface area contributed by atoms with Crippen molar-refractivity contribution >= 4 is 5.91 Å². The van der Waals surface area contributed by atoms with E-state index in [4.69, 9.17) is 52.1 Å². The van der Waals surface area contributed by atoms with Crippen molar-refractivity contribution in [2.24, 2.45) is 0 Å². The molecule has 18 N–H and O–H groups in total. The molecule has 396 valence electrons. The monoisotopic (exact) mass is 999 g/mol. The van der Waals surface area contributed by atoms with Crippen molar-refractivity contribution < 1.29 is 144 Å². The minimum atomic E-state index is -2.10. The molecule has 6 aliphatic rings. The lowest BCUT2D eigenvalue weighted by molar-refractivity contribution is -0.388. The van der Waals surface area contributed by atoms with E-state index in [1.807, 2.05) is 0 Å². The van der Waals surface area contributed by atoms with E-state index in [0.29, 0.717) is 0 Å². The van der Waals surface area contributed by atoms with Gasteiger partial charge in [-0.05, 0) is 13.8 Å². The van der Waals surface area contributed by atoms with Crippen LogP contribution in [0.5, 0.6) is 0 Å². The molecule has 0 aromatic carbocycles. The molecule has 0 aromatic heterocycles. The van der Waals surface area contributed by atoms with Crippen LogP contribution in [0.2, 0.25) is 0 Å². The maximum atomic E-state index is 12.5. The summed E-state index contributed by atoms with van der Waals surface area (Å²) < 4.78 is 62.0. The Morgan fingerprint density at radius 2 is 0.779 bits per heavy atom. The third-order valence-corrected chi connectivity index (χ3v) is 12.7. The molecule has 6 fully saturated rings. The molecule has 68 heavy (non-hydrogen) atoms. The lowest BCUT2D eigenvalue weighted by atomic mass is 9.94. The average Bonchev–Trinajstić information content (AvgIpc) is 3.30. The summed E-state index contributed by atoms with van der Waals surface area (Å²) >= 11 is 0. The summed E-state index contributed by atoms with van der Waals surface area (Å²) in [6, 6.07) is -1.71. The van der Waals surface area contributed by atoms with Crippen molar-refractivity contribution in [3.05, 3.63) is 0 Å². The number of aliphatic hydroxyl groups is 17. The Kier molecular flexibility index (Phi) is 19.2. The summed E-state index contributed by atoms with van der Waals surface area (Å²) in [4.78, 5) is 12.5. The molecular weight excluding hydrogens is 934 g/mol. The largest absolute Gasteiger partial charge is 0.394 e. The van der Waals surface area contributed by atoms with Gasteiger partial charge in [-0.2, -0.15) is 0 Å². The first kappa shape index (κ1) is 55.7. The van der Waals surface area contributed by atoms with Crippen LogP contribution < -0.4 is 5.32 Å². The number of amides is 1. The van der Waals surface area contributed by atoms with Crippen molar-refractivity contribution in [3.63, 3.8) is 0 Å². The molecule has 0 aliphatic carbocycles. The molecule has 0 aromatic rings. The van der Waals surface area contributed by atoms with Crippen LogP contribution >= 0.6 is 0 Å². The molecular formula is C38H65NO29. The van der Waals surface area contributed by atoms with Gasteiger partial charge in [-0.15, -0.1) is 0 Å². The number of carbonyl (C=O) groups excluding carboxylic acids is 1. The molecule has 0 saturated carbocycles. The number of rotatable bonds is 15. The first-order valence-electron chi connectivity index (χ1n) is 21.8. The number of aliphatic hydroxyl groups excluding tert-OH is 17. The highest BCUT2D eigenvalue weighted by atomic mass is 16.8. The Bertz CT molecular complexity index is 1590. The molecule has 30 nitrogen and oxygen atoms in total. The number of carbonyl (C=O) groups is 1. The SMILES string of the molecule is CC(=O)N[C@H]1[C@H](O[C@H]2[C@@H](O)[C@@H](CO)O[C@@H](O[C@H]3[C@@H](O)[C@H](O)[C@@H](O[C@H]4[C@H](O)[C@@H](CO)OC(O)[C@@H]4O)O[C@H]3C)[C@@H]2O)O[C@H](CO)[C@@H](O[C@H]2O[C@@H](C)[C@@H](O)[C@@H](O[C@@H]3O[C@H](CO)[C@H](O)[C@H](O)[C@H]3O)[C@@H]2O)[C@@H]1O. The van der Waals surface area contributed by atoms with E-state index >= 15 is 0 Å². The Balaban J connectivity index is 1.15. The molecule has 30 atom stereocenters. The highest BCUT2D eigenvalue weighted by Crippen LogP contribution is 2.36. The lowest BCUT2D eigenvalue weighted by Crippen LogP contribution is -2.70. The van der Waals surface area contributed by atoms with Crippen LogP contribution in [0.1, 0.15) is 20.8 Å². The fraction of sp³-hybridized carbons (Fsp3) is 0.974.